The van der Waals surface area contributed by atoms with Crippen LogP contribution in [-0.4, -0.2) is 45.9 Å². The normalized spacial score (nSPS) is 19.8. The number of amides is 1. The average Bonchev–Trinajstić information content (AvgIpc) is 2.86. The van der Waals surface area contributed by atoms with Gasteiger partial charge in [0.25, 0.3) is 0 Å². The van der Waals surface area contributed by atoms with Crippen molar-refractivity contribution in [3.05, 3.63) is 17.5 Å². The quantitative estimate of drug-likeness (QED) is 0.720. The van der Waals surface area contributed by atoms with Gasteiger partial charge < -0.3 is 10.4 Å². The van der Waals surface area contributed by atoms with Gasteiger partial charge in [0.2, 0.25) is 5.91 Å². The Morgan fingerprint density at radius 3 is 3.32 bits per heavy atom. The molecule has 0 fully saturated rings. The van der Waals surface area contributed by atoms with E-state index < -0.39 is 0 Å². The molecule has 1 amide bonds. The molecule has 0 aromatic carbocycles. The first-order valence-electron chi connectivity index (χ1n) is 6.66. The van der Waals surface area contributed by atoms with Gasteiger partial charge in [-0.1, -0.05) is 0 Å². The summed E-state index contributed by atoms with van der Waals surface area (Å²) in [4.78, 5) is 12.3. The monoisotopic (exact) mass is 283 g/mol. The van der Waals surface area contributed by atoms with Gasteiger partial charge in [0.05, 0.1) is 6.20 Å². The van der Waals surface area contributed by atoms with E-state index in [1.54, 1.807) is 11.8 Å². The summed E-state index contributed by atoms with van der Waals surface area (Å²) in [7, 11) is 0. The minimum absolute atomic E-state index is 0.0241. The summed E-state index contributed by atoms with van der Waals surface area (Å²) < 4.78 is 0. The molecule has 3 N–H and O–H groups in total. The fourth-order valence-electron chi connectivity index (χ4n) is 2.51. The lowest BCUT2D eigenvalue weighted by atomic mass is 9.87. The molecule has 2 unspecified atom stereocenters. The molecule has 0 saturated carbocycles. The minimum Gasteiger partial charge on any atom is -0.396 e. The second-order valence-electron chi connectivity index (χ2n) is 4.99. The standard InChI is InChI=1S/C13H21N3O2S/c1-19-8-11(4-5-17)15-13(18)9-2-3-10-7-14-16-12(10)6-9/h7,9,11,17H,2-6,8H2,1H3,(H,14,16)(H,15,18). The number of nitrogens with one attached hydrogen (secondary N) is 2. The molecule has 1 aromatic heterocycles. The van der Waals surface area contributed by atoms with Crippen LogP contribution in [0.25, 0.3) is 0 Å². The number of nitrogens with zero attached hydrogens (tertiary/aromatic N) is 1. The first-order valence-corrected chi connectivity index (χ1v) is 8.05. The van der Waals surface area contributed by atoms with Crippen molar-refractivity contribution in [3.8, 4) is 0 Å². The molecule has 1 aliphatic rings. The third-order valence-electron chi connectivity index (χ3n) is 3.58. The molecule has 2 rings (SSSR count). The number of hydrogen-bond acceptors (Lipinski definition) is 4. The molecule has 0 spiro atoms. The number of aromatic nitrogens is 2. The second-order valence-corrected chi connectivity index (χ2v) is 5.90. The van der Waals surface area contributed by atoms with Crippen LogP contribution in [0.1, 0.15) is 24.1 Å². The molecule has 2 atom stereocenters. The molecule has 0 bridgehead atoms. The van der Waals surface area contributed by atoms with E-state index in [4.69, 9.17) is 5.11 Å². The van der Waals surface area contributed by atoms with E-state index in [-0.39, 0.29) is 24.5 Å². The lowest BCUT2D eigenvalue weighted by Crippen LogP contribution is -2.42. The van der Waals surface area contributed by atoms with Crippen molar-refractivity contribution in [3.63, 3.8) is 0 Å². The number of H-pyrrole nitrogens is 1. The van der Waals surface area contributed by atoms with Crippen LogP contribution < -0.4 is 5.32 Å². The Morgan fingerprint density at radius 2 is 2.58 bits per heavy atom. The predicted molar refractivity (Wildman–Crippen MR) is 76.1 cm³/mol. The topological polar surface area (TPSA) is 78.0 Å². The molecular weight excluding hydrogens is 262 g/mol. The van der Waals surface area contributed by atoms with Crippen LogP contribution in [0.4, 0.5) is 0 Å². The second kappa shape index (κ2) is 6.96. The van der Waals surface area contributed by atoms with Gasteiger partial charge in [-0.15, -0.1) is 0 Å². The molecule has 106 valence electrons. The first-order chi connectivity index (χ1) is 9.24. The molecule has 0 aliphatic heterocycles. The largest absolute Gasteiger partial charge is 0.396 e. The Morgan fingerprint density at radius 1 is 1.74 bits per heavy atom. The Bertz CT molecular complexity index is 416. The molecule has 19 heavy (non-hydrogen) atoms. The zero-order chi connectivity index (χ0) is 13.7. The number of aliphatic hydroxyl groups excluding tert-OH is 1. The zero-order valence-corrected chi connectivity index (χ0v) is 12.0. The van der Waals surface area contributed by atoms with E-state index in [0.717, 1.165) is 30.7 Å². The lowest BCUT2D eigenvalue weighted by molar-refractivity contribution is -0.126. The van der Waals surface area contributed by atoms with Crippen molar-refractivity contribution in [2.75, 3.05) is 18.6 Å². The first kappa shape index (κ1) is 14.4. The van der Waals surface area contributed by atoms with Crippen LogP contribution in [0, 0.1) is 5.92 Å². The van der Waals surface area contributed by atoms with E-state index >= 15 is 0 Å². The van der Waals surface area contributed by atoms with Crippen molar-refractivity contribution < 1.29 is 9.90 Å². The number of aliphatic hydroxyl groups is 1. The summed E-state index contributed by atoms with van der Waals surface area (Å²) in [5.41, 5.74) is 2.33. The zero-order valence-electron chi connectivity index (χ0n) is 11.2. The fraction of sp³-hybridized carbons (Fsp3) is 0.692. The van der Waals surface area contributed by atoms with Gasteiger partial charge in [-0.25, -0.2) is 0 Å². The van der Waals surface area contributed by atoms with Crippen molar-refractivity contribution in [1.82, 2.24) is 15.5 Å². The summed E-state index contributed by atoms with van der Waals surface area (Å²) in [5, 5.41) is 19.1. The number of aryl methyl sites for hydroxylation is 1. The van der Waals surface area contributed by atoms with Crippen molar-refractivity contribution in [2.24, 2.45) is 5.92 Å². The predicted octanol–water partition coefficient (Wildman–Crippen LogP) is 0.745. The third-order valence-corrected chi connectivity index (χ3v) is 4.32. The number of aromatic amines is 1. The molecule has 5 nitrogen and oxygen atoms in total. The van der Waals surface area contributed by atoms with E-state index in [2.05, 4.69) is 15.5 Å². The van der Waals surface area contributed by atoms with Gasteiger partial charge in [-0.05, 0) is 31.1 Å². The molecule has 0 saturated heterocycles. The van der Waals surface area contributed by atoms with Crippen LogP contribution in [0.3, 0.4) is 0 Å². The third kappa shape index (κ3) is 3.73. The highest BCUT2D eigenvalue weighted by molar-refractivity contribution is 7.98. The van der Waals surface area contributed by atoms with Crippen LogP contribution in [0.2, 0.25) is 0 Å². The van der Waals surface area contributed by atoms with Gasteiger partial charge in [0.1, 0.15) is 0 Å². The molecule has 1 aromatic rings. The Labute approximate surface area is 117 Å². The average molecular weight is 283 g/mol. The molecule has 0 radical (unpaired) electrons. The summed E-state index contributed by atoms with van der Waals surface area (Å²) in [6.07, 6.45) is 7.02. The Kier molecular flexibility index (Phi) is 5.27. The highest BCUT2D eigenvalue weighted by Crippen LogP contribution is 2.24. The molecule has 1 aliphatic carbocycles. The SMILES string of the molecule is CSCC(CCO)NC(=O)C1CCc2cn[nH]c2C1. The summed E-state index contributed by atoms with van der Waals surface area (Å²) in [5.74, 6) is 0.970. The smallest absolute Gasteiger partial charge is 0.223 e. The van der Waals surface area contributed by atoms with Gasteiger partial charge in [0, 0.05) is 36.4 Å². The van der Waals surface area contributed by atoms with Gasteiger partial charge in [-0.3, -0.25) is 9.89 Å². The summed E-state index contributed by atoms with van der Waals surface area (Å²) in [6.45, 7) is 0.112. The van der Waals surface area contributed by atoms with Gasteiger partial charge in [0.15, 0.2) is 0 Å². The lowest BCUT2D eigenvalue weighted by Gasteiger charge is -2.24. The molecular formula is C13H21N3O2S. The number of thioether (sulfide) groups is 1. The number of carbonyl (C=O) groups excluding carboxylic acids is 1. The van der Waals surface area contributed by atoms with Crippen molar-refractivity contribution in [2.45, 2.75) is 31.7 Å². The Balaban J connectivity index is 1.90. The molecule has 6 heteroatoms. The maximum absolute atomic E-state index is 12.3. The maximum atomic E-state index is 12.3. The van der Waals surface area contributed by atoms with E-state index in [0.29, 0.717) is 6.42 Å². The van der Waals surface area contributed by atoms with Crippen molar-refractivity contribution >= 4 is 17.7 Å². The van der Waals surface area contributed by atoms with E-state index in [1.807, 2.05) is 12.5 Å². The minimum atomic E-state index is 0.0241. The van der Waals surface area contributed by atoms with Crippen LogP contribution in [0.5, 0.6) is 0 Å². The van der Waals surface area contributed by atoms with Crippen LogP contribution in [-0.2, 0) is 17.6 Å². The van der Waals surface area contributed by atoms with Crippen LogP contribution in [0.15, 0.2) is 6.20 Å². The number of fused-ring (bicyclic) bond motifs is 1. The summed E-state index contributed by atoms with van der Waals surface area (Å²) in [6, 6.07) is 0.0654. The highest BCUT2D eigenvalue weighted by Gasteiger charge is 2.27. The number of carbonyl (C=O) groups is 1. The van der Waals surface area contributed by atoms with Gasteiger partial charge in [-0.2, -0.15) is 16.9 Å². The van der Waals surface area contributed by atoms with E-state index in [9.17, 15) is 4.79 Å². The molecule has 1 heterocycles. The maximum Gasteiger partial charge on any atom is 0.223 e. The summed E-state index contributed by atoms with van der Waals surface area (Å²) >= 11 is 1.69. The number of hydrogen-bond donors (Lipinski definition) is 3. The number of rotatable bonds is 6. The van der Waals surface area contributed by atoms with Crippen molar-refractivity contribution in [1.29, 1.82) is 0 Å². The fourth-order valence-corrected chi connectivity index (χ4v) is 3.16. The highest BCUT2D eigenvalue weighted by atomic mass is 32.2. The van der Waals surface area contributed by atoms with E-state index in [1.165, 1.54) is 5.56 Å². The van der Waals surface area contributed by atoms with Gasteiger partial charge >= 0.3 is 0 Å². The van der Waals surface area contributed by atoms with Crippen LogP contribution >= 0.6 is 11.8 Å². The Hall–Kier alpha value is -1.01.